The summed E-state index contributed by atoms with van der Waals surface area (Å²) in [6.07, 6.45) is 1.55. The molecule has 0 fully saturated rings. The van der Waals surface area contributed by atoms with Crippen LogP contribution in [0.3, 0.4) is 0 Å². The van der Waals surface area contributed by atoms with Gasteiger partial charge < -0.3 is 24.5 Å². The first-order valence-electron chi connectivity index (χ1n) is 3.85. The van der Waals surface area contributed by atoms with Crippen LogP contribution < -0.4 is 0 Å². The number of ether oxygens (including phenoxy) is 1. The number of aliphatic hydroxyl groups is 1. The van der Waals surface area contributed by atoms with Gasteiger partial charge in [-0.3, -0.25) is 0 Å². The van der Waals surface area contributed by atoms with E-state index in [0.717, 1.165) is 12.8 Å². The highest BCUT2D eigenvalue weighted by atomic mass is 31.2. The molecule has 6 nitrogen and oxygen atoms in total. The Morgan fingerprint density at radius 2 is 1.77 bits per heavy atom. The van der Waals surface area contributed by atoms with Gasteiger partial charge in [-0.15, -0.1) is 0 Å². The second-order valence-corrected chi connectivity index (χ2v) is 3.36. The number of hydrogen-bond donors (Lipinski definition) is 4. The molecule has 0 aromatic carbocycles. The van der Waals surface area contributed by atoms with Gasteiger partial charge in [0, 0.05) is 6.61 Å². The fourth-order valence-corrected chi connectivity index (χ4v) is 0.398. The van der Waals surface area contributed by atoms with E-state index < -0.39 is 14.1 Å². The lowest BCUT2D eigenvalue weighted by Crippen LogP contribution is -2.06. The largest absolute Gasteiger partial charge is 0.466 e. The predicted molar refractivity (Wildman–Crippen MR) is 46.8 cm³/mol. The zero-order valence-corrected chi connectivity index (χ0v) is 8.65. The summed E-state index contributed by atoms with van der Waals surface area (Å²) in [6.45, 7) is 4.38. The number of phosphoric acid groups is 1. The lowest BCUT2D eigenvalue weighted by molar-refractivity contribution is -0.0856. The van der Waals surface area contributed by atoms with E-state index in [1.807, 2.05) is 0 Å². The van der Waals surface area contributed by atoms with E-state index in [4.69, 9.17) is 29.1 Å². The second-order valence-electron chi connectivity index (χ2n) is 2.34. The molecule has 0 aliphatic carbocycles. The Kier molecular flexibility index (Phi) is 10.3. The zero-order valence-electron chi connectivity index (χ0n) is 7.75. The molecule has 0 aliphatic heterocycles. The van der Waals surface area contributed by atoms with Crippen molar-refractivity contribution in [1.82, 2.24) is 0 Å². The molecule has 1 atom stereocenters. The second kappa shape index (κ2) is 8.62. The van der Waals surface area contributed by atoms with Crippen LogP contribution in [0.5, 0.6) is 0 Å². The van der Waals surface area contributed by atoms with Crippen molar-refractivity contribution in [2.45, 2.75) is 33.0 Å². The molecule has 0 saturated carbocycles. The summed E-state index contributed by atoms with van der Waals surface area (Å²) in [5.74, 6) is 0. The Balaban J connectivity index is 0. The summed E-state index contributed by atoms with van der Waals surface area (Å²) in [6, 6.07) is 0. The molecule has 13 heavy (non-hydrogen) atoms. The molecule has 1 unspecified atom stereocenters. The fraction of sp³-hybridized carbons (Fsp3) is 1.00. The summed E-state index contributed by atoms with van der Waals surface area (Å²) < 4.78 is 13.7. The molecule has 0 aromatic rings. The van der Waals surface area contributed by atoms with Crippen LogP contribution in [0.25, 0.3) is 0 Å². The molecule has 0 bridgehead atoms. The van der Waals surface area contributed by atoms with Gasteiger partial charge in [0.25, 0.3) is 0 Å². The quantitative estimate of drug-likeness (QED) is 0.304. The molecule has 0 aliphatic rings. The summed E-state index contributed by atoms with van der Waals surface area (Å²) in [5.41, 5.74) is 0. The van der Waals surface area contributed by atoms with E-state index in [0.29, 0.717) is 6.61 Å². The average Bonchev–Trinajstić information content (AvgIpc) is 1.83. The molecule has 0 aromatic heterocycles. The highest BCUT2D eigenvalue weighted by Crippen LogP contribution is 2.25. The molecule has 0 spiro atoms. The summed E-state index contributed by atoms with van der Waals surface area (Å²) in [7, 11) is -4.64. The molecule has 0 radical (unpaired) electrons. The monoisotopic (exact) mass is 216 g/mol. The van der Waals surface area contributed by atoms with Gasteiger partial charge in [0.1, 0.15) is 0 Å². The maximum atomic E-state index is 8.88. The first-order chi connectivity index (χ1) is 5.77. The Morgan fingerprint density at radius 3 is 2.00 bits per heavy atom. The molecule has 0 rings (SSSR count). The van der Waals surface area contributed by atoms with Crippen LogP contribution in [0.15, 0.2) is 0 Å². The number of hydrogen-bond acceptors (Lipinski definition) is 3. The van der Waals surface area contributed by atoms with Crippen LogP contribution in [0.2, 0.25) is 0 Å². The van der Waals surface area contributed by atoms with Crippen molar-refractivity contribution in [3.8, 4) is 0 Å². The zero-order chi connectivity index (χ0) is 10.9. The average molecular weight is 216 g/mol. The van der Waals surface area contributed by atoms with Crippen molar-refractivity contribution in [1.29, 1.82) is 0 Å². The maximum absolute atomic E-state index is 8.88. The van der Waals surface area contributed by atoms with E-state index in [1.165, 1.54) is 0 Å². The Bertz CT molecular complexity index is 134. The van der Waals surface area contributed by atoms with Gasteiger partial charge in [-0.1, -0.05) is 13.3 Å². The normalized spacial score (nSPS) is 13.1. The number of aliphatic hydroxyl groups excluding tert-OH is 1. The predicted octanol–water partition coefficient (Wildman–Crippen LogP) is 0.213. The standard InChI is InChI=1S/C6H14O2.H3O4P/c1-3-4-5-8-6(2)7;1-5(2,3)4/h6-7H,3-5H2,1-2H3;(H3,1,2,3,4). The molecule has 0 amide bonds. The number of unbranched alkanes of at least 4 members (excludes halogenated alkanes) is 1. The van der Waals surface area contributed by atoms with Crippen LogP contribution in [0.1, 0.15) is 26.7 Å². The van der Waals surface area contributed by atoms with Crippen molar-refractivity contribution < 1.29 is 29.1 Å². The smallest absolute Gasteiger partial charge is 0.368 e. The van der Waals surface area contributed by atoms with Crippen LogP contribution in [-0.4, -0.2) is 32.7 Å². The van der Waals surface area contributed by atoms with Crippen LogP contribution >= 0.6 is 7.82 Å². The first-order valence-corrected chi connectivity index (χ1v) is 5.41. The van der Waals surface area contributed by atoms with Gasteiger partial charge in [0.05, 0.1) is 0 Å². The third-order valence-electron chi connectivity index (χ3n) is 0.857. The van der Waals surface area contributed by atoms with E-state index >= 15 is 0 Å². The minimum absolute atomic E-state index is 0.596. The van der Waals surface area contributed by atoms with Crippen LogP contribution in [-0.2, 0) is 9.30 Å². The minimum atomic E-state index is -4.64. The summed E-state index contributed by atoms with van der Waals surface area (Å²) in [4.78, 5) is 21.6. The third kappa shape index (κ3) is 47.8. The van der Waals surface area contributed by atoms with Crippen molar-refractivity contribution >= 4 is 7.82 Å². The molecular weight excluding hydrogens is 199 g/mol. The van der Waals surface area contributed by atoms with Crippen molar-refractivity contribution in [2.24, 2.45) is 0 Å². The maximum Gasteiger partial charge on any atom is 0.466 e. The van der Waals surface area contributed by atoms with Crippen LogP contribution in [0.4, 0.5) is 0 Å². The third-order valence-corrected chi connectivity index (χ3v) is 0.857. The van der Waals surface area contributed by atoms with E-state index in [-0.39, 0.29) is 0 Å². The van der Waals surface area contributed by atoms with E-state index in [9.17, 15) is 0 Å². The van der Waals surface area contributed by atoms with E-state index in [2.05, 4.69) is 6.92 Å². The Labute approximate surface area is 77.4 Å². The van der Waals surface area contributed by atoms with Gasteiger partial charge in [-0.05, 0) is 13.3 Å². The van der Waals surface area contributed by atoms with E-state index in [1.54, 1.807) is 6.92 Å². The summed E-state index contributed by atoms with van der Waals surface area (Å²) >= 11 is 0. The SMILES string of the molecule is CCCCOC(C)O.O=P(O)(O)O. The van der Waals surface area contributed by atoms with Gasteiger partial charge in [0.2, 0.25) is 0 Å². The molecule has 7 heteroatoms. The lowest BCUT2D eigenvalue weighted by atomic mass is 10.4. The number of rotatable bonds is 4. The lowest BCUT2D eigenvalue weighted by Gasteiger charge is -2.03. The van der Waals surface area contributed by atoms with Crippen molar-refractivity contribution in [2.75, 3.05) is 6.61 Å². The van der Waals surface area contributed by atoms with Crippen molar-refractivity contribution in [3.05, 3.63) is 0 Å². The van der Waals surface area contributed by atoms with Gasteiger partial charge >= 0.3 is 7.82 Å². The van der Waals surface area contributed by atoms with Gasteiger partial charge in [-0.2, -0.15) is 0 Å². The highest BCUT2D eigenvalue weighted by molar-refractivity contribution is 7.45. The fourth-order valence-electron chi connectivity index (χ4n) is 0.398. The Morgan fingerprint density at radius 1 is 1.38 bits per heavy atom. The first kappa shape index (κ1) is 15.5. The molecule has 0 heterocycles. The molecule has 0 saturated heterocycles. The highest BCUT2D eigenvalue weighted by Gasteiger charge is 2.00. The minimum Gasteiger partial charge on any atom is -0.368 e. The van der Waals surface area contributed by atoms with Gasteiger partial charge in [-0.25, -0.2) is 4.57 Å². The summed E-state index contributed by atoms with van der Waals surface area (Å²) in [5, 5.41) is 8.56. The molecular formula is C6H17O6P. The Hall–Kier alpha value is 0.0300. The van der Waals surface area contributed by atoms with Crippen LogP contribution in [0, 0.1) is 0 Å². The van der Waals surface area contributed by atoms with Crippen molar-refractivity contribution in [3.63, 3.8) is 0 Å². The topological polar surface area (TPSA) is 107 Å². The molecule has 82 valence electrons. The molecule has 4 N–H and O–H groups in total. The van der Waals surface area contributed by atoms with Gasteiger partial charge in [0.15, 0.2) is 6.29 Å².